The van der Waals surface area contributed by atoms with Gasteiger partial charge in [0.15, 0.2) is 6.10 Å². The van der Waals surface area contributed by atoms with Crippen molar-refractivity contribution in [1.29, 1.82) is 0 Å². The molecule has 0 radical (unpaired) electrons. The Balaban J connectivity index is 1.69. The van der Waals surface area contributed by atoms with Crippen LogP contribution in [0.4, 0.5) is 5.95 Å². The predicted molar refractivity (Wildman–Crippen MR) is 97.7 cm³/mol. The van der Waals surface area contributed by atoms with Crippen LogP contribution in [0.15, 0.2) is 48.2 Å². The molecule has 6 nitrogen and oxygen atoms in total. The number of anilines is 1. The molecule has 0 saturated carbocycles. The number of benzene rings is 1. The number of thiazole rings is 1. The van der Waals surface area contributed by atoms with Gasteiger partial charge >= 0.3 is 0 Å². The monoisotopic (exact) mass is 347 g/mol. The molecular formula is C18H13N5OS. The summed E-state index contributed by atoms with van der Waals surface area (Å²) in [5.74, 6) is 6.05. The maximum atomic E-state index is 10.0. The molecule has 1 unspecified atom stereocenters. The first-order valence-electron chi connectivity index (χ1n) is 7.50. The molecule has 7 heteroatoms. The Morgan fingerprint density at radius 2 is 2.20 bits per heavy atom. The van der Waals surface area contributed by atoms with E-state index in [1.54, 1.807) is 12.4 Å². The van der Waals surface area contributed by atoms with Crippen molar-refractivity contribution in [2.24, 2.45) is 0 Å². The van der Waals surface area contributed by atoms with Crippen molar-refractivity contribution in [3.05, 3.63) is 58.8 Å². The van der Waals surface area contributed by atoms with E-state index in [9.17, 15) is 5.11 Å². The average molecular weight is 347 g/mol. The molecule has 0 saturated heterocycles. The molecule has 0 aliphatic carbocycles. The molecule has 1 atom stereocenters. The lowest BCUT2D eigenvalue weighted by molar-refractivity contribution is 0.238. The van der Waals surface area contributed by atoms with Gasteiger partial charge in [-0.2, -0.15) is 0 Å². The number of hydrogen-bond donors (Lipinski definition) is 3. The number of nitrogens with one attached hydrogen (secondary N) is 1. The SMILES string of the molecule is Nc1ncc2[nH]cc(-c3cccc(C#CC(O)c4nccs4)c3)c2n1. The minimum Gasteiger partial charge on any atom is -0.374 e. The van der Waals surface area contributed by atoms with Crippen LogP contribution in [0.3, 0.4) is 0 Å². The van der Waals surface area contributed by atoms with E-state index in [1.165, 1.54) is 11.3 Å². The molecule has 0 bridgehead atoms. The molecule has 4 N–H and O–H groups in total. The summed E-state index contributed by atoms with van der Waals surface area (Å²) in [6.07, 6.45) is 4.30. The standard InChI is InChI=1S/C18H13N5OS/c19-18-22-10-14-16(23-18)13(9-21-14)12-3-1-2-11(8-12)4-5-15(24)17-20-6-7-25-17/h1-3,6-10,15,21,24H,(H2,19,22,23). The molecule has 0 spiro atoms. The quantitative estimate of drug-likeness (QED) is 0.484. The highest BCUT2D eigenvalue weighted by atomic mass is 32.1. The van der Waals surface area contributed by atoms with Crippen LogP contribution in [0.5, 0.6) is 0 Å². The van der Waals surface area contributed by atoms with E-state index < -0.39 is 6.10 Å². The van der Waals surface area contributed by atoms with E-state index in [-0.39, 0.29) is 5.95 Å². The number of nitrogens with two attached hydrogens (primary N) is 1. The van der Waals surface area contributed by atoms with Crippen LogP contribution >= 0.6 is 11.3 Å². The summed E-state index contributed by atoms with van der Waals surface area (Å²) in [6.45, 7) is 0. The maximum absolute atomic E-state index is 10.0. The molecular weight excluding hydrogens is 334 g/mol. The number of H-pyrrole nitrogens is 1. The summed E-state index contributed by atoms with van der Waals surface area (Å²) in [5.41, 5.74) is 9.96. The second-order valence-electron chi connectivity index (χ2n) is 5.32. The van der Waals surface area contributed by atoms with Gasteiger partial charge in [0.1, 0.15) is 10.5 Å². The molecule has 3 heterocycles. The van der Waals surface area contributed by atoms with Gasteiger partial charge in [-0.3, -0.25) is 0 Å². The molecule has 3 aromatic heterocycles. The number of aromatic amines is 1. The number of fused-ring (bicyclic) bond motifs is 1. The number of rotatable bonds is 2. The lowest BCUT2D eigenvalue weighted by Crippen LogP contribution is -1.93. The van der Waals surface area contributed by atoms with Crippen molar-refractivity contribution < 1.29 is 5.11 Å². The lowest BCUT2D eigenvalue weighted by atomic mass is 10.0. The van der Waals surface area contributed by atoms with Gasteiger partial charge in [0.05, 0.1) is 11.7 Å². The van der Waals surface area contributed by atoms with Crippen LogP contribution in [-0.2, 0) is 0 Å². The Bertz CT molecular complexity index is 1090. The first-order chi connectivity index (χ1) is 12.2. The summed E-state index contributed by atoms with van der Waals surface area (Å²) in [6, 6.07) is 7.73. The number of nitrogen functional groups attached to an aromatic ring is 1. The van der Waals surface area contributed by atoms with Gasteiger partial charge in [-0.1, -0.05) is 24.0 Å². The van der Waals surface area contributed by atoms with Gasteiger partial charge < -0.3 is 15.8 Å². The molecule has 4 aromatic rings. The highest BCUT2D eigenvalue weighted by Crippen LogP contribution is 2.27. The average Bonchev–Trinajstić information content (AvgIpc) is 3.29. The molecule has 0 amide bonds. The van der Waals surface area contributed by atoms with E-state index >= 15 is 0 Å². The van der Waals surface area contributed by atoms with E-state index in [0.29, 0.717) is 5.01 Å². The van der Waals surface area contributed by atoms with Crippen molar-refractivity contribution in [2.45, 2.75) is 6.10 Å². The molecule has 0 aliphatic rings. The largest absolute Gasteiger partial charge is 0.374 e. The van der Waals surface area contributed by atoms with Gasteiger partial charge in [-0.05, 0) is 17.7 Å². The summed E-state index contributed by atoms with van der Waals surface area (Å²) in [4.78, 5) is 15.5. The van der Waals surface area contributed by atoms with Crippen LogP contribution in [0.2, 0.25) is 0 Å². The van der Waals surface area contributed by atoms with Crippen molar-refractivity contribution in [3.63, 3.8) is 0 Å². The third kappa shape index (κ3) is 3.08. The highest BCUT2D eigenvalue weighted by molar-refractivity contribution is 7.09. The minimum atomic E-state index is -0.885. The van der Waals surface area contributed by atoms with Gasteiger partial charge in [-0.25, -0.2) is 15.0 Å². The zero-order chi connectivity index (χ0) is 17.2. The molecule has 4 rings (SSSR count). The fraction of sp³-hybridized carbons (Fsp3) is 0.0556. The second kappa shape index (κ2) is 6.36. The second-order valence-corrected chi connectivity index (χ2v) is 6.24. The molecule has 0 aliphatic heterocycles. The third-order valence-corrected chi connectivity index (χ3v) is 4.47. The Labute approximate surface area is 147 Å². The fourth-order valence-electron chi connectivity index (χ4n) is 2.49. The van der Waals surface area contributed by atoms with Gasteiger partial charge in [0.25, 0.3) is 0 Å². The number of nitrogens with zero attached hydrogens (tertiary/aromatic N) is 3. The highest BCUT2D eigenvalue weighted by Gasteiger charge is 2.09. The zero-order valence-corrected chi connectivity index (χ0v) is 13.8. The summed E-state index contributed by atoms with van der Waals surface area (Å²) in [5, 5.41) is 12.4. The van der Waals surface area contributed by atoms with E-state index in [1.807, 2.05) is 35.8 Å². The number of aliphatic hydroxyl groups excluding tert-OH is 1. The first kappa shape index (κ1) is 15.3. The van der Waals surface area contributed by atoms with Gasteiger partial charge in [-0.15, -0.1) is 11.3 Å². The van der Waals surface area contributed by atoms with Crippen molar-refractivity contribution >= 4 is 28.3 Å². The van der Waals surface area contributed by atoms with Crippen LogP contribution in [0.1, 0.15) is 16.7 Å². The predicted octanol–water partition coefficient (Wildman–Crippen LogP) is 2.75. The van der Waals surface area contributed by atoms with Crippen molar-refractivity contribution in [2.75, 3.05) is 5.73 Å². The van der Waals surface area contributed by atoms with Crippen LogP contribution in [-0.4, -0.2) is 25.0 Å². The Kier molecular flexibility index (Phi) is 3.90. The maximum Gasteiger partial charge on any atom is 0.220 e. The molecule has 25 heavy (non-hydrogen) atoms. The number of aliphatic hydroxyl groups is 1. The zero-order valence-electron chi connectivity index (χ0n) is 13.0. The smallest absolute Gasteiger partial charge is 0.220 e. The molecule has 122 valence electrons. The summed E-state index contributed by atoms with van der Waals surface area (Å²) >= 11 is 1.38. The topological polar surface area (TPSA) is 101 Å². The Hall–Kier alpha value is -3.21. The summed E-state index contributed by atoms with van der Waals surface area (Å²) in [7, 11) is 0. The van der Waals surface area contributed by atoms with E-state index in [2.05, 4.69) is 31.8 Å². The fourth-order valence-corrected chi connectivity index (χ4v) is 3.06. The van der Waals surface area contributed by atoms with Crippen molar-refractivity contribution in [3.8, 4) is 23.0 Å². The normalized spacial score (nSPS) is 11.9. The third-order valence-electron chi connectivity index (χ3n) is 3.65. The molecule has 1 aromatic carbocycles. The van der Waals surface area contributed by atoms with Gasteiger partial charge in [0.2, 0.25) is 5.95 Å². The van der Waals surface area contributed by atoms with Crippen LogP contribution < -0.4 is 5.73 Å². The minimum absolute atomic E-state index is 0.232. The van der Waals surface area contributed by atoms with Crippen LogP contribution in [0.25, 0.3) is 22.2 Å². The van der Waals surface area contributed by atoms with E-state index in [4.69, 9.17) is 5.73 Å². The Morgan fingerprint density at radius 1 is 1.28 bits per heavy atom. The molecule has 0 fully saturated rings. The Morgan fingerprint density at radius 3 is 3.04 bits per heavy atom. The number of aromatic nitrogens is 4. The van der Waals surface area contributed by atoms with E-state index in [0.717, 1.165) is 27.7 Å². The first-order valence-corrected chi connectivity index (χ1v) is 8.38. The van der Waals surface area contributed by atoms with Gasteiger partial charge in [0, 0.05) is 28.9 Å². The summed E-state index contributed by atoms with van der Waals surface area (Å²) < 4.78 is 0. The van der Waals surface area contributed by atoms with Crippen LogP contribution in [0, 0.1) is 11.8 Å². The lowest BCUT2D eigenvalue weighted by Gasteiger charge is -2.01. The van der Waals surface area contributed by atoms with Crippen molar-refractivity contribution in [1.82, 2.24) is 19.9 Å². The number of hydrogen-bond acceptors (Lipinski definition) is 6.